The third-order valence-corrected chi connectivity index (χ3v) is 6.62. The normalized spacial score (nSPS) is 11.0. The molecule has 0 aliphatic heterocycles. The van der Waals surface area contributed by atoms with E-state index in [1.54, 1.807) is 54.6 Å². The monoisotopic (exact) mass is 550 g/mol. The van der Waals surface area contributed by atoms with Gasteiger partial charge in [-0.1, -0.05) is 49.2 Å². The van der Waals surface area contributed by atoms with E-state index in [9.17, 15) is 14.4 Å². The molecule has 0 spiro atoms. The number of carbonyl (C=O) groups is 3. The van der Waals surface area contributed by atoms with Crippen LogP contribution >= 0.6 is 23.2 Å². The predicted molar refractivity (Wildman–Crippen MR) is 153 cm³/mol. The van der Waals surface area contributed by atoms with Gasteiger partial charge in [0.1, 0.15) is 5.69 Å². The van der Waals surface area contributed by atoms with Crippen LogP contribution in [0.1, 0.15) is 47.2 Å². The molecule has 9 heteroatoms. The number of amides is 3. The zero-order chi connectivity index (χ0) is 27.4. The van der Waals surface area contributed by atoms with Crippen LogP contribution in [0.3, 0.4) is 0 Å². The first-order valence-electron chi connectivity index (χ1n) is 12.2. The lowest BCUT2D eigenvalue weighted by Crippen LogP contribution is -2.27. The van der Waals surface area contributed by atoms with E-state index in [1.165, 1.54) is 0 Å². The first-order chi connectivity index (χ1) is 18.2. The average Bonchev–Trinajstić information content (AvgIpc) is 3.26. The number of anilines is 2. The minimum atomic E-state index is -0.375. The summed E-state index contributed by atoms with van der Waals surface area (Å²) in [5, 5.41) is 10.3. The number of fused-ring (bicyclic) bond motifs is 1. The van der Waals surface area contributed by atoms with Crippen molar-refractivity contribution < 1.29 is 14.4 Å². The summed E-state index contributed by atoms with van der Waals surface area (Å²) in [5.74, 6) is -0.839. The molecule has 0 bridgehead atoms. The lowest BCUT2D eigenvalue weighted by molar-refractivity contribution is -0.124. The first kappa shape index (κ1) is 27.2. The standard InChI is InChI=1S/C29H28Cl2N4O3/c1-4-35-25-11-9-22(13-19(25)14-26(35)29(38)34-21-7-5-6-20(30)15-21)33-28(37)23-12-18(8-10-24(23)31)16-32-27(36)17(2)3/h5-15,17H,4,16H2,1-3H3,(H,32,36)(H,33,37)(H,34,38). The summed E-state index contributed by atoms with van der Waals surface area (Å²) in [6.07, 6.45) is 0. The van der Waals surface area contributed by atoms with Gasteiger partial charge in [0, 0.05) is 46.3 Å². The van der Waals surface area contributed by atoms with Crippen molar-refractivity contribution in [2.45, 2.75) is 33.9 Å². The van der Waals surface area contributed by atoms with E-state index in [0.717, 1.165) is 16.5 Å². The molecule has 196 valence electrons. The molecule has 0 saturated carbocycles. The minimum Gasteiger partial charge on any atom is -0.352 e. The van der Waals surface area contributed by atoms with Gasteiger partial charge in [0.25, 0.3) is 11.8 Å². The van der Waals surface area contributed by atoms with Crippen LogP contribution < -0.4 is 16.0 Å². The van der Waals surface area contributed by atoms with Crippen molar-refractivity contribution in [2.75, 3.05) is 10.6 Å². The number of rotatable bonds is 8. The highest BCUT2D eigenvalue weighted by Gasteiger charge is 2.17. The Bertz CT molecular complexity index is 1530. The summed E-state index contributed by atoms with van der Waals surface area (Å²) in [4.78, 5) is 38.0. The van der Waals surface area contributed by atoms with Crippen LogP contribution in [0, 0.1) is 5.92 Å². The third kappa shape index (κ3) is 6.18. The van der Waals surface area contributed by atoms with Gasteiger partial charge in [-0.15, -0.1) is 0 Å². The van der Waals surface area contributed by atoms with Crippen molar-refractivity contribution in [1.29, 1.82) is 0 Å². The van der Waals surface area contributed by atoms with Crippen molar-refractivity contribution >= 4 is 63.2 Å². The van der Waals surface area contributed by atoms with Crippen molar-refractivity contribution in [3.05, 3.63) is 93.6 Å². The lowest BCUT2D eigenvalue weighted by Gasteiger charge is -2.11. The second-order valence-corrected chi connectivity index (χ2v) is 10.00. The number of aryl methyl sites for hydroxylation is 1. The van der Waals surface area contributed by atoms with Gasteiger partial charge in [0.2, 0.25) is 5.91 Å². The fourth-order valence-electron chi connectivity index (χ4n) is 4.09. The summed E-state index contributed by atoms with van der Waals surface area (Å²) in [6, 6.07) is 19.3. The van der Waals surface area contributed by atoms with Crippen LogP contribution in [0.4, 0.5) is 11.4 Å². The van der Waals surface area contributed by atoms with Crippen LogP contribution in [0.2, 0.25) is 10.0 Å². The molecule has 38 heavy (non-hydrogen) atoms. The Morgan fingerprint density at radius 3 is 2.32 bits per heavy atom. The van der Waals surface area contributed by atoms with Gasteiger partial charge in [0.05, 0.1) is 10.6 Å². The van der Waals surface area contributed by atoms with Gasteiger partial charge < -0.3 is 20.5 Å². The zero-order valence-electron chi connectivity index (χ0n) is 21.3. The number of nitrogens with one attached hydrogen (secondary N) is 3. The Morgan fingerprint density at radius 2 is 1.61 bits per heavy atom. The molecule has 3 aromatic carbocycles. The molecule has 0 radical (unpaired) electrons. The lowest BCUT2D eigenvalue weighted by atomic mass is 10.1. The number of hydrogen-bond acceptors (Lipinski definition) is 3. The molecule has 0 aliphatic rings. The van der Waals surface area contributed by atoms with Gasteiger partial charge in [-0.3, -0.25) is 14.4 Å². The maximum absolute atomic E-state index is 13.1. The molecule has 0 aliphatic carbocycles. The fourth-order valence-corrected chi connectivity index (χ4v) is 4.48. The summed E-state index contributed by atoms with van der Waals surface area (Å²) in [7, 11) is 0. The maximum atomic E-state index is 13.1. The van der Waals surface area contributed by atoms with Crippen LogP contribution in [-0.2, 0) is 17.9 Å². The first-order valence-corrected chi connectivity index (χ1v) is 13.0. The molecule has 1 aromatic heterocycles. The number of benzene rings is 3. The molecule has 0 fully saturated rings. The third-order valence-electron chi connectivity index (χ3n) is 6.06. The van der Waals surface area contributed by atoms with Crippen LogP contribution in [0.25, 0.3) is 10.9 Å². The SMILES string of the molecule is CCn1c(C(=O)Nc2cccc(Cl)c2)cc2cc(NC(=O)c3cc(CNC(=O)C(C)C)ccc3Cl)ccc21. The zero-order valence-corrected chi connectivity index (χ0v) is 22.8. The molecule has 1 heterocycles. The van der Waals surface area contributed by atoms with Crippen molar-refractivity contribution in [3.63, 3.8) is 0 Å². The molecule has 0 atom stereocenters. The molecular weight excluding hydrogens is 523 g/mol. The van der Waals surface area contributed by atoms with E-state index in [-0.39, 0.29) is 23.6 Å². The molecule has 4 aromatic rings. The van der Waals surface area contributed by atoms with Gasteiger partial charge in [0.15, 0.2) is 0 Å². The topological polar surface area (TPSA) is 92.2 Å². The number of carbonyl (C=O) groups excluding carboxylic acids is 3. The summed E-state index contributed by atoms with van der Waals surface area (Å²) in [5.41, 5.74) is 3.58. The van der Waals surface area contributed by atoms with Gasteiger partial charge >= 0.3 is 0 Å². The summed E-state index contributed by atoms with van der Waals surface area (Å²) in [6.45, 7) is 6.48. The quantitative estimate of drug-likeness (QED) is 0.226. The highest BCUT2D eigenvalue weighted by Crippen LogP contribution is 2.26. The molecule has 3 amide bonds. The minimum absolute atomic E-state index is 0.0705. The van der Waals surface area contributed by atoms with Crippen molar-refractivity contribution in [2.24, 2.45) is 5.92 Å². The van der Waals surface area contributed by atoms with Crippen molar-refractivity contribution in [3.8, 4) is 0 Å². The molecule has 0 unspecified atom stereocenters. The Labute approximate surface area is 231 Å². The van der Waals surface area contributed by atoms with E-state index in [4.69, 9.17) is 23.2 Å². The van der Waals surface area contributed by atoms with E-state index in [2.05, 4.69) is 16.0 Å². The largest absolute Gasteiger partial charge is 0.352 e. The Balaban J connectivity index is 1.54. The average molecular weight is 551 g/mol. The number of halogens is 2. The van der Waals surface area contributed by atoms with Crippen LogP contribution in [0.15, 0.2) is 66.7 Å². The van der Waals surface area contributed by atoms with Crippen LogP contribution in [0.5, 0.6) is 0 Å². The Kier molecular flexibility index (Phi) is 8.39. The van der Waals surface area contributed by atoms with E-state index >= 15 is 0 Å². The summed E-state index contributed by atoms with van der Waals surface area (Å²) < 4.78 is 1.91. The number of hydrogen-bond donors (Lipinski definition) is 3. The van der Waals surface area contributed by atoms with Crippen molar-refractivity contribution in [1.82, 2.24) is 9.88 Å². The number of nitrogens with zero attached hydrogens (tertiary/aromatic N) is 1. The van der Waals surface area contributed by atoms with E-state index < -0.39 is 0 Å². The van der Waals surface area contributed by atoms with Crippen LogP contribution in [-0.4, -0.2) is 22.3 Å². The van der Waals surface area contributed by atoms with Gasteiger partial charge in [-0.05, 0) is 67.1 Å². The van der Waals surface area contributed by atoms with Gasteiger partial charge in [-0.25, -0.2) is 0 Å². The summed E-state index contributed by atoms with van der Waals surface area (Å²) >= 11 is 12.4. The Hall–Kier alpha value is -3.81. The highest BCUT2D eigenvalue weighted by atomic mass is 35.5. The van der Waals surface area contributed by atoms with E-state index in [0.29, 0.717) is 45.8 Å². The molecule has 3 N–H and O–H groups in total. The molecule has 4 rings (SSSR count). The Morgan fingerprint density at radius 1 is 0.868 bits per heavy atom. The fraction of sp³-hybridized carbons (Fsp3) is 0.207. The second kappa shape index (κ2) is 11.7. The molecule has 7 nitrogen and oxygen atoms in total. The van der Waals surface area contributed by atoms with Gasteiger partial charge in [-0.2, -0.15) is 0 Å². The molecular formula is C29H28Cl2N4O3. The smallest absolute Gasteiger partial charge is 0.272 e. The second-order valence-electron chi connectivity index (χ2n) is 9.15. The predicted octanol–water partition coefficient (Wildman–Crippen LogP) is 6.74. The van der Waals surface area contributed by atoms with E-state index in [1.807, 2.05) is 37.5 Å². The highest BCUT2D eigenvalue weighted by molar-refractivity contribution is 6.34. The maximum Gasteiger partial charge on any atom is 0.272 e. The number of aromatic nitrogens is 1. The molecule has 0 saturated heterocycles.